The summed E-state index contributed by atoms with van der Waals surface area (Å²) in [5.74, 6) is -0.418. The molecule has 0 fully saturated rings. The van der Waals surface area contributed by atoms with E-state index in [1.54, 1.807) is 6.07 Å². The summed E-state index contributed by atoms with van der Waals surface area (Å²) in [5, 5.41) is 22.6. The van der Waals surface area contributed by atoms with Gasteiger partial charge in [0.15, 0.2) is 5.96 Å². The number of fused-ring (bicyclic) bond motifs is 1. The van der Waals surface area contributed by atoms with Crippen LogP contribution in [0.4, 0.5) is 5.69 Å². The molecule has 3 aromatic rings. The topological polar surface area (TPSA) is 121 Å². The largest absolute Gasteiger partial charge is 0.508 e. The number of phenols is 2. The number of pyridine rings is 1. The zero-order chi connectivity index (χ0) is 18.0. The second-order valence-electron chi connectivity index (χ2n) is 5.46. The molecule has 1 amide bonds. The Morgan fingerprint density at radius 1 is 1.24 bits per heavy atom. The summed E-state index contributed by atoms with van der Waals surface area (Å²) in [6.45, 7) is 1.95. The van der Waals surface area contributed by atoms with Gasteiger partial charge in [-0.05, 0) is 24.6 Å². The van der Waals surface area contributed by atoms with Gasteiger partial charge in [-0.25, -0.2) is 9.98 Å². The van der Waals surface area contributed by atoms with Gasteiger partial charge in [-0.1, -0.05) is 24.3 Å². The van der Waals surface area contributed by atoms with Crippen LogP contribution in [0.25, 0.3) is 22.2 Å². The van der Waals surface area contributed by atoms with Crippen LogP contribution < -0.4 is 11.1 Å². The number of aromatic hydroxyl groups is 2. The number of amides is 1. The van der Waals surface area contributed by atoms with Gasteiger partial charge in [0.1, 0.15) is 17.0 Å². The number of hydrogen-bond donors (Lipinski definition) is 4. The first-order chi connectivity index (χ1) is 12.0. The van der Waals surface area contributed by atoms with Crippen LogP contribution >= 0.6 is 0 Å². The highest BCUT2D eigenvalue weighted by atomic mass is 16.3. The molecule has 0 aliphatic carbocycles. The SMILES string of the molecule is Cc1ccccc1-c1cc(N=C(N)NC=O)c2cc(O)cc(O)c2n1. The fourth-order valence-corrected chi connectivity index (χ4v) is 2.59. The highest BCUT2D eigenvalue weighted by molar-refractivity contribution is 6.00. The summed E-state index contributed by atoms with van der Waals surface area (Å²) >= 11 is 0. The molecule has 7 nitrogen and oxygen atoms in total. The first-order valence-corrected chi connectivity index (χ1v) is 7.46. The molecule has 5 N–H and O–H groups in total. The Balaban J connectivity index is 2.33. The maximum absolute atomic E-state index is 10.5. The minimum atomic E-state index is -0.177. The number of nitrogens with one attached hydrogen (secondary N) is 1. The minimum Gasteiger partial charge on any atom is -0.508 e. The lowest BCUT2D eigenvalue weighted by Gasteiger charge is -2.11. The van der Waals surface area contributed by atoms with Crippen LogP contribution in [-0.4, -0.2) is 27.6 Å². The van der Waals surface area contributed by atoms with Crippen molar-refractivity contribution in [1.29, 1.82) is 0 Å². The van der Waals surface area contributed by atoms with Gasteiger partial charge in [-0.15, -0.1) is 0 Å². The molecule has 3 rings (SSSR count). The van der Waals surface area contributed by atoms with E-state index in [0.717, 1.165) is 11.1 Å². The number of guanidine groups is 1. The number of nitrogens with zero attached hydrogens (tertiary/aromatic N) is 2. The number of carbonyl (C=O) groups excluding carboxylic acids is 1. The van der Waals surface area contributed by atoms with E-state index in [1.165, 1.54) is 12.1 Å². The molecule has 0 aliphatic rings. The van der Waals surface area contributed by atoms with Crippen molar-refractivity contribution in [2.24, 2.45) is 10.7 Å². The molecule has 0 unspecified atom stereocenters. The van der Waals surface area contributed by atoms with Crippen molar-refractivity contribution in [2.45, 2.75) is 6.92 Å². The first kappa shape index (κ1) is 16.3. The van der Waals surface area contributed by atoms with Crippen LogP contribution in [0, 0.1) is 6.92 Å². The second kappa shape index (κ2) is 6.48. The average Bonchev–Trinajstić information content (AvgIpc) is 2.56. The zero-order valence-corrected chi connectivity index (χ0v) is 13.4. The molecular formula is C18H16N4O3. The number of aliphatic imine (C=N–C) groups is 1. The molecule has 1 heterocycles. The lowest BCUT2D eigenvalue weighted by atomic mass is 10.0. The highest BCUT2D eigenvalue weighted by Crippen LogP contribution is 2.37. The van der Waals surface area contributed by atoms with E-state index >= 15 is 0 Å². The Morgan fingerprint density at radius 2 is 2.00 bits per heavy atom. The van der Waals surface area contributed by atoms with Crippen molar-refractivity contribution >= 4 is 29.0 Å². The number of aromatic nitrogens is 1. The molecule has 25 heavy (non-hydrogen) atoms. The van der Waals surface area contributed by atoms with E-state index in [-0.39, 0.29) is 23.0 Å². The number of aryl methyl sites for hydroxylation is 1. The normalized spacial score (nSPS) is 11.5. The van der Waals surface area contributed by atoms with Crippen molar-refractivity contribution in [1.82, 2.24) is 10.3 Å². The summed E-state index contributed by atoms with van der Waals surface area (Å²) in [4.78, 5) is 19.2. The number of benzene rings is 2. The number of nitrogens with two attached hydrogens (primary N) is 1. The van der Waals surface area contributed by atoms with E-state index in [9.17, 15) is 15.0 Å². The summed E-state index contributed by atoms with van der Waals surface area (Å²) < 4.78 is 0. The fraction of sp³-hybridized carbons (Fsp3) is 0.0556. The van der Waals surface area contributed by atoms with Gasteiger partial charge in [0.2, 0.25) is 6.41 Å². The van der Waals surface area contributed by atoms with Gasteiger partial charge in [0.25, 0.3) is 0 Å². The van der Waals surface area contributed by atoms with E-state index in [4.69, 9.17) is 5.73 Å². The molecule has 0 saturated carbocycles. The van der Waals surface area contributed by atoms with Crippen molar-refractivity contribution in [2.75, 3.05) is 0 Å². The van der Waals surface area contributed by atoms with Crippen molar-refractivity contribution in [3.63, 3.8) is 0 Å². The summed E-state index contributed by atoms with van der Waals surface area (Å²) in [7, 11) is 0. The third-order valence-electron chi connectivity index (χ3n) is 3.72. The molecule has 0 atom stereocenters. The molecule has 126 valence electrons. The van der Waals surface area contributed by atoms with Crippen LogP contribution in [0.5, 0.6) is 11.5 Å². The van der Waals surface area contributed by atoms with Gasteiger partial charge in [-0.2, -0.15) is 0 Å². The molecule has 0 saturated heterocycles. The van der Waals surface area contributed by atoms with Crippen molar-refractivity contribution in [3.8, 4) is 22.8 Å². The zero-order valence-electron chi connectivity index (χ0n) is 13.4. The third kappa shape index (κ3) is 3.20. The predicted molar refractivity (Wildman–Crippen MR) is 95.7 cm³/mol. The van der Waals surface area contributed by atoms with Crippen molar-refractivity contribution in [3.05, 3.63) is 48.0 Å². The van der Waals surface area contributed by atoms with Gasteiger partial charge in [-0.3, -0.25) is 10.1 Å². The lowest BCUT2D eigenvalue weighted by Crippen LogP contribution is -2.29. The second-order valence-corrected chi connectivity index (χ2v) is 5.46. The van der Waals surface area contributed by atoms with Crippen LogP contribution in [0.1, 0.15) is 5.56 Å². The molecule has 0 bridgehead atoms. The fourth-order valence-electron chi connectivity index (χ4n) is 2.59. The Bertz CT molecular complexity index is 999. The van der Waals surface area contributed by atoms with E-state index in [2.05, 4.69) is 15.3 Å². The number of hydrogen-bond acceptors (Lipinski definition) is 5. The smallest absolute Gasteiger partial charge is 0.213 e. The Hall–Kier alpha value is -3.61. The predicted octanol–water partition coefficient (Wildman–Crippen LogP) is 2.31. The minimum absolute atomic E-state index is 0.110. The summed E-state index contributed by atoms with van der Waals surface area (Å²) in [6.07, 6.45) is 0.416. The third-order valence-corrected chi connectivity index (χ3v) is 3.72. The Labute approximate surface area is 143 Å². The maximum atomic E-state index is 10.5. The molecule has 7 heteroatoms. The highest BCUT2D eigenvalue weighted by Gasteiger charge is 2.13. The van der Waals surface area contributed by atoms with Crippen molar-refractivity contribution < 1.29 is 15.0 Å². The molecule has 0 spiro atoms. The quantitative estimate of drug-likeness (QED) is 0.332. The molecule has 0 aliphatic heterocycles. The van der Waals surface area contributed by atoms with E-state index in [0.29, 0.717) is 23.2 Å². The molecular weight excluding hydrogens is 320 g/mol. The van der Waals surface area contributed by atoms with Crippen LogP contribution in [-0.2, 0) is 4.79 Å². The lowest BCUT2D eigenvalue weighted by molar-refractivity contribution is -0.108. The monoisotopic (exact) mass is 336 g/mol. The van der Waals surface area contributed by atoms with Gasteiger partial charge >= 0.3 is 0 Å². The number of phenolic OH excluding ortho intramolecular Hbond substituents is 2. The van der Waals surface area contributed by atoms with Gasteiger partial charge in [0.05, 0.1) is 11.4 Å². The van der Waals surface area contributed by atoms with Gasteiger partial charge in [0, 0.05) is 17.0 Å². The van der Waals surface area contributed by atoms with E-state index < -0.39 is 0 Å². The maximum Gasteiger partial charge on any atom is 0.213 e. The summed E-state index contributed by atoms with van der Waals surface area (Å²) in [5.41, 5.74) is 8.76. The summed E-state index contributed by atoms with van der Waals surface area (Å²) in [6, 6.07) is 12.0. The van der Waals surface area contributed by atoms with Crippen LogP contribution in [0.3, 0.4) is 0 Å². The van der Waals surface area contributed by atoms with Crippen LogP contribution in [0.15, 0.2) is 47.5 Å². The molecule has 0 radical (unpaired) electrons. The van der Waals surface area contributed by atoms with E-state index in [1.807, 2.05) is 31.2 Å². The molecule has 2 aromatic carbocycles. The standard InChI is InChI=1S/C18H16N4O3/c1-10-4-2-3-5-12(10)14-8-15(22-18(19)20-9-23)13-6-11(24)7-16(25)17(13)21-14/h2-9,24-25H,1H3,(H3,19,20,21,22,23). The first-order valence-electron chi connectivity index (χ1n) is 7.46. The average molecular weight is 336 g/mol. The molecule has 1 aromatic heterocycles. The van der Waals surface area contributed by atoms with Gasteiger partial charge < -0.3 is 15.9 Å². The Kier molecular flexibility index (Phi) is 4.21. The number of rotatable bonds is 3. The number of carbonyl (C=O) groups is 1. The van der Waals surface area contributed by atoms with Crippen LogP contribution in [0.2, 0.25) is 0 Å². The Morgan fingerprint density at radius 3 is 2.72 bits per heavy atom.